The Labute approximate surface area is 193 Å². The van der Waals surface area contributed by atoms with Crippen molar-refractivity contribution in [1.29, 1.82) is 5.26 Å². The van der Waals surface area contributed by atoms with Crippen molar-refractivity contribution in [2.75, 3.05) is 23.1 Å². The van der Waals surface area contributed by atoms with Crippen LogP contribution in [0.25, 0.3) is 0 Å². The molecule has 0 spiro atoms. The molecule has 3 aromatic rings. The van der Waals surface area contributed by atoms with E-state index in [1.807, 2.05) is 36.4 Å². The van der Waals surface area contributed by atoms with Crippen LogP contribution in [0.15, 0.2) is 61.1 Å². The highest BCUT2D eigenvalue weighted by molar-refractivity contribution is 7.89. The minimum atomic E-state index is -3.60. The summed E-state index contributed by atoms with van der Waals surface area (Å²) in [6.45, 7) is 1.24. The summed E-state index contributed by atoms with van der Waals surface area (Å²) in [6.07, 6.45) is 3.97. The van der Waals surface area contributed by atoms with Crippen LogP contribution < -0.4 is 4.90 Å². The SMILES string of the molecule is N#Cc1ccc2c(c1)CN(S(=O)(=O)CCCl)[C@H](Cc1ccccc1)CN2Cc1cnc[nH]1. The van der Waals surface area contributed by atoms with Crippen molar-refractivity contribution in [2.24, 2.45) is 0 Å². The molecule has 0 fully saturated rings. The molecule has 0 saturated carbocycles. The van der Waals surface area contributed by atoms with Gasteiger partial charge >= 0.3 is 0 Å². The molecule has 1 aromatic heterocycles. The third kappa shape index (κ3) is 4.96. The highest BCUT2D eigenvalue weighted by Crippen LogP contribution is 2.32. The van der Waals surface area contributed by atoms with E-state index in [-0.39, 0.29) is 24.2 Å². The van der Waals surface area contributed by atoms with Gasteiger partial charge in [0.25, 0.3) is 0 Å². The highest BCUT2D eigenvalue weighted by Gasteiger charge is 2.35. The number of nitrogens with zero attached hydrogens (tertiary/aromatic N) is 4. The number of benzene rings is 2. The molecule has 7 nitrogen and oxygen atoms in total. The quantitative estimate of drug-likeness (QED) is 0.536. The van der Waals surface area contributed by atoms with Crippen molar-refractivity contribution in [3.63, 3.8) is 0 Å². The van der Waals surface area contributed by atoms with Gasteiger partial charge in [-0.3, -0.25) is 0 Å². The number of sulfonamides is 1. The number of imidazole rings is 1. The number of hydrogen-bond donors (Lipinski definition) is 1. The maximum atomic E-state index is 13.3. The van der Waals surface area contributed by atoms with Gasteiger partial charge < -0.3 is 9.88 Å². The number of nitriles is 1. The molecular formula is C23H24ClN5O2S. The second kappa shape index (κ2) is 9.74. The molecule has 1 atom stereocenters. The van der Waals surface area contributed by atoms with Crippen LogP contribution in [-0.2, 0) is 29.5 Å². The molecule has 0 bridgehead atoms. The van der Waals surface area contributed by atoms with E-state index in [2.05, 4.69) is 20.9 Å². The van der Waals surface area contributed by atoms with Crippen LogP contribution in [0.4, 0.5) is 5.69 Å². The number of alkyl halides is 1. The fourth-order valence-corrected chi connectivity index (χ4v) is 6.10. The lowest BCUT2D eigenvalue weighted by Gasteiger charge is -2.32. The van der Waals surface area contributed by atoms with E-state index < -0.39 is 10.0 Å². The Bertz CT molecular complexity index is 1190. The Morgan fingerprint density at radius 2 is 2.03 bits per heavy atom. The van der Waals surface area contributed by atoms with E-state index in [1.54, 1.807) is 29.0 Å². The third-order valence-electron chi connectivity index (χ3n) is 5.64. The predicted molar refractivity (Wildman–Crippen MR) is 125 cm³/mol. The van der Waals surface area contributed by atoms with Crippen LogP contribution in [0.3, 0.4) is 0 Å². The molecule has 0 aliphatic carbocycles. The summed E-state index contributed by atoms with van der Waals surface area (Å²) in [6, 6.07) is 17.2. The molecule has 9 heteroatoms. The largest absolute Gasteiger partial charge is 0.364 e. The smallest absolute Gasteiger partial charge is 0.215 e. The van der Waals surface area contributed by atoms with Gasteiger partial charge in [-0.2, -0.15) is 9.57 Å². The fraction of sp³-hybridized carbons (Fsp3) is 0.304. The van der Waals surface area contributed by atoms with Gasteiger partial charge in [-0.15, -0.1) is 11.6 Å². The molecule has 0 unspecified atom stereocenters. The first-order chi connectivity index (χ1) is 15.5. The number of aromatic amines is 1. The summed E-state index contributed by atoms with van der Waals surface area (Å²) >= 11 is 5.85. The number of fused-ring (bicyclic) bond motifs is 1. The molecule has 2 aromatic carbocycles. The summed E-state index contributed by atoms with van der Waals surface area (Å²) in [5, 5.41) is 9.41. The second-order valence-corrected chi connectivity index (χ2v) is 10.2. The Kier molecular flexibility index (Phi) is 6.80. The lowest BCUT2D eigenvalue weighted by molar-refractivity contribution is 0.318. The van der Waals surface area contributed by atoms with Gasteiger partial charge in [-0.25, -0.2) is 13.4 Å². The van der Waals surface area contributed by atoms with E-state index in [0.29, 0.717) is 25.1 Å². The zero-order chi connectivity index (χ0) is 22.6. The van der Waals surface area contributed by atoms with Crippen molar-refractivity contribution in [3.05, 3.63) is 83.4 Å². The van der Waals surface area contributed by atoms with E-state index in [1.165, 1.54) is 0 Å². The molecule has 1 aliphatic rings. The van der Waals surface area contributed by atoms with Crippen molar-refractivity contribution < 1.29 is 8.42 Å². The van der Waals surface area contributed by atoms with Crippen LogP contribution in [0.2, 0.25) is 0 Å². The highest BCUT2D eigenvalue weighted by atomic mass is 35.5. The first-order valence-corrected chi connectivity index (χ1v) is 12.5. The maximum absolute atomic E-state index is 13.3. The Hall–Kier alpha value is -2.86. The molecule has 2 heterocycles. The molecule has 1 aliphatic heterocycles. The summed E-state index contributed by atoms with van der Waals surface area (Å²) in [4.78, 5) is 9.40. The first-order valence-electron chi connectivity index (χ1n) is 10.3. The zero-order valence-corrected chi connectivity index (χ0v) is 19.1. The Morgan fingerprint density at radius 1 is 1.22 bits per heavy atom. The number of anilines is 1. The predicted octanol–water partition coefficient (Wildman–Crippen LogP) is 3.28. The van der Waals surface area contributed by atoms with Gasteiger partial charge in [0.15, 0.2) is 0 Å². The molecule has 166 valence electrons. The molecule has 1 N–H and O–H groups in total. The first kappa shape index (κ1) is 22.3. The van der Waals surface area contributed by atoms with Gasteiger partial charge in [0.05, 0.1) is 36.0 Å². The molecule has 32 heavy (non-hydrogen) atoms. The van der Waals surface area contributed by atoms with Gasteiger partial charge in [0.1, 0.15) is 0 Å². The Balaban J connectivity index is 1.79. The average Bonchev–Trinajstić information content (AvgIpc) is 3.24. The molecule has 4 rings (SSSR count). The molecule has 0 saturated heterocycles. The normalized spacial score (nSPS) is 16.9. The minimum absolute atomic E-state index is 0.0276. The maximum Gasteiger partial charge on any atom is 0.215 e. The molecule has 0 amide bonds. The third-order valence-corrected chi connectivity index (χ3v) is 7.91. The zero-order valence-electron chi connectivity index (χ0n) is 17.5. The standard InChI is InChI=1S/C23H24ClN5O2S/c24-8-9-32(30,31)29-14-20-10-19(12-25)6-7-23(20)28(15-21-13-26-17-27-21)16-22(29)11-18-4-2-1-3-5-18/h1-7,10,13,17,22H,8-9,11,14-16H2,(H,26,27)/t22-/m1/s1. The van der Waals surface area contributed by atoms with Crippen LogP contribution >= 0.6 is 11.6 Å². The number of H-pyrrole nitrogens is 1. The number of halogens is 1. The van der Waals surface area contributed by atoms with Crippen LogP contribution in [0.5, 0.6) is 0 Å². The summed E-state index contributed by atoms with van der Waals surface area (Å²) in [5.74, 6) is -0.104. The second-order valence-electron chi connectivity index (χ2n) is 7.81. The van der Waals surface area contributed by atoms with E-state index in [0.717, 1.165) is 22.5 Å². The molecular weight excluding hydrogens is 446 g/mol. The Morgan fingerprint density at radius 3 is 2.72 bits per heavy atom. The summed E-state index contributed by atoms with van der Waals surface area (Å²) < 4.78 is 28.1. The van der Waals surface area contributed by atoms with Crippen molar-refractivity contribution in [3.8, 4) is 6.07 Å². The lowest BCUT2D eigenvalue weighted by atomic mass is 10.1. The van der Waals surface area contributed by atoms with Gasteiger partial charge in [-0.1, -0.05) is 30.3 Å². The monoisotopic (exact) mass is 469 g/mol. The summed E-state index contributed by atoms with van der Waals surface area (Å²) in [5.41, 5.74) is 4.21. The average molecular weight is 470 g/mol. The van der Waals surface area contributed by atoms with Crippen molar-refractivity contribution in [2.45, 2.75) is 25.6 Å². The van der Waals surface area contributed by atoms with Gasteiger partial charge in [-0.05, 0) is 35.7 Å². The van der Waals surface area contributed by atoms with Crippen molar-refractivity contribution >= 4 is 27.3 Å². The minimum Gasteiger partial charge on any atom is -0.364 e. The van der Waals surface area contributed by atoms with E-state index >= 15 is 0 Å². The van der Waals surface area contributed by atoms with Gasteiger partial charge in [0.2, 0.25) is 10.0 Å². The van der Waals surface area contributed by atoms with Crippen LogP contribution in [-0.4, -0.2) is 46.9 Å². The number of hydrogen-bond acceptors (Lipinski definition) is 5. The molecule has 0 radical (unpaired) electrons. The lowest BCUT2D eigenvalue weighted by Crippen LogP contribution is -2.46. The number of nitrogens with one attached hydrogen (secondary N) is 1. The van der Waals surface area contributed by atoms with Crippen LogP contribution in [0, 0.1) is 11.3 Å². The fourth-order valence-electron chi connectivity index (χ4n) is 4.15. The van der Waals surface area contributed by atoms with Crippen LogP contribution in [0.1, 0.15) is 22.4 Å². The van der Waals surface area contributed by atoms with Crippen molar-refractivity contribution in [1.82, 2.24) is 14.3 Å². The van der Waals surface area contributed by atoms with E-state index in [9.17, 15) is 13.7 Å². The number of aromatic nitrogens is 2. The van der Waals surface area contributed by atoms with Gasteiger partial charge in [0, 0.05) is 36.9 Å². The van der Waals surface area contributed by atoms with E-state index in [4.69, 9.17) is 11.6 Å². The number of rotatable bonds is 7. The summed E-state index contributed by atoms with van der Waals surface area (Å²) in [7, 11) is -3.60. The topological polar surface area (TPSA) is 93.1 Å².